The Morgan fingerprint density at radius 3 is 3.00 bits per heavy atom. The summed E-state index contributed by atoms with van der Waals surface area (Å²) in [5.74, 6) is 3.37. The lowest BCUT2D eigenvalue weighted by atomic mass is 10.0. The van der Waals surface area contributed by atoms with E-state index in [1.54, 1.807) is 0 Å². The van der Waals surface area contributed by atoms with Crippen LogP contribution < -0.4 is 5.73 Å². The smallest absolute Gasteiger partial charge is 0.228 e. The molecule has 1 aromatic rings. The van der Waals surface area contributed by atoms with Crippen molar-refractivity contribution in [1.29, 1.82) is 0 Å². The summed E-state index contributed by atoms with van der Waals surface area (Å²) < 4.78 is 5.27. The molecule has 1 fully saturated rings. The highest BCUT2D eigenvalue weighted by Gasteiger charge is 2.23. The second-order valence-corrected chi connectivity index (χ2v) is 6.45. The van der Waals surface area contributed by atoms with Gasteiger partial charge in [-0.05, 0) is 30.9 Å². The molecule has 0 radical (unpaired) electrons. The van der Waals surface area contributed by atoms with Crippen molar-refractivity contribution in [1.82, 2.24) is 10.1 Å². The minimum Gasteiger partial charge on any atom is -0.339 e. The van der Waals surface area contributed by atoms with E-state index in [1.165, 1.54) is 18.6 Å². The van der Waals surface area contributed by atoms with E-state index in [0.29, 0.717) is 23.5 Å². The molecule has 2 rings (SSSR count). The molecular formula is C12H21N3OS. The van der Waals surface area contributed by atoms with E-state index in [9.17, 15) is 0 Å². The molecule has 0 aromatic carbocycles. The van der Waals surface area contributed by atoms with Crippen molar-refractivity contribution in [3.8, 4) is 0 Å². The Kier molecular flexibility index (Phi) is 4.45. The molecule has 1 aromatic heterocycles. The van der Waals surface area contributed by atoms with Crippen molar-refractivity contribution >= 4 is 11.8 Å². The molecule has 0 amide bonds. The summed E-state index contributed by atoms with van der Waals surface area (Å²) in [5.41, 5.74) is 6.04. The van der Waals surface area contributed by atoms with E-state index >= 15 is 0 Å². The molecule has 2 atom stereocenters. The van der Waals surface area contributed by atoms with Gasteiger partial charge in [-0.25, -0.2) is 0 Å². The van der Waals surface area contributed by atoms with Gasteiger partial charge in [0.25, 0.3) is 0 Å². The molecule has 0 spiro atoms. The van der Waals surface area contributed by atoms with Gasteiger partial charge < -0.3 is 10.3 Å². The molecule has 1 aliphatic rings. The number of aromatic nitrogens is 2. The van der Waals surface area contributed by atoms with Crippen LogP contribution in [0.1, 0.15) is 50.1 Å². The van der Waals surface area contributed by atoms with Crippen LogP contribution in [0.2, 0.25) is 0 Å². The second kappa shape index (κ2) is 5.87. The van der Waals surface area contributed by atoms with Crippen LogP contribution in [0.4, 0.5) is 0 Å². The van der Waals surface area contributed by atoms with Gasteiger partial charge in [0.05, 0.1) is 5.25 Å². The molecule has 96 valence electrons. The largest absolute Gasteiger partial charge is 0.339 e. The van der Waals surface area contributed by atoms with Gasteiger partial charge in [0.1, 0.15) is 0 Å². The van der Waals surface area contributed by atoms with Crippen molar-refractivity contribution in [2.45, 2.75) is 50.8 Å². The number of hydrogen-bond acceptors (Lipinski definition) is 5. The third-order valence-corrected chi connectivity index (χ3v) is 4.29. The highest BCUT2D eigenvalue weighted by Crippen LogP contribution is 2.38. The Balaban J connectivity index is 1.89. The first-order valence-electron chi connectivity index (χ1n) is 6.35. The van der Waals surface area contributed by atoms with E-state index < -0.39 is 0 Å². The lowest BCUT2D eigenvalue weighted by molar-refractivity contribution is 0.354. The van der Waals surface area contributed by atoms with Crippen LogP contribution in [-0.4, -0.2) is 21.9 Å². The Morgan fingerprint density at radius 1 is 1.53 bits per heavy atom. The van der Waals surface area contributed by atoms with Crippen LogP contribution in [0, 0.1) is 5.92 Å². The predicted octanol–water partition coefficient (Wildman–Crippen LogP) is 2.55. The van der Waals surface area contributed by atoms with Crippen molar-refractivity contribution < 1.29 is 4.52 Å². The number of nitrogens with zero attached hydrogens (tertiary/aromatic N) is 2. The van der Waals surface area contributed by atoms with Gasteiger partial charge in [-0.15, -0.1) is 0 Å². The highest BCUT2D eigenvalue weighted by atomic mass is 32.2. The van der Waals surface area contributed by atoms with Gasteiger partial charge in [0, 0.05) is 12.5 Å². The van der Waals surface area contributed by atoms with E-state index in [2.05, 4.69) is 24.0 Å². The molecule has 17 heavy (non-hydrogen) atoms. The molecule has 1 saturated heterocycles. The fourth-order valence-electron chi connectivity index (χ4n) is 2.18. The summed E-state index contributed by atoms with van der Waals surface area (Å²) >= 11 is 1.92. The third-order valence-electron chi connectivity index (χ3n) is 2.91. The predicted molar refractivity (Wildman–Crippen MR) is 69.9 cm³/mol. The van der Waals surface area contributed by atoms with Crippen LogP contribution in [0.15, 0.2) is 4.52 Å². The minimum atomic E-state index is 0.125. The van der Waals surface area contributed by atoms with Gasteiger partial charge >= 0.3 is 0 Å². The maximum absolute atomic E-state index is 6.04. The SMILES string of the molecule is CC(C)CC(N)Cc1nc(C2CCCS2)no1. The summed E-state index contributed by atoms with van der Waals surface area (Å²) in [6, 6.07) is 0.125. The quantitative estimate of drug-likeness (QED) is 0.876. The van der Waals surface area contributed by atoms with Crippen LogP contribution in [0.3, 0.4) is 0 Å². The molecule has 1 aliphatic heterocycles. The standard InChI is InChI=1S/C12H21N3OS/c1-8(2)6-9(13)7-11-14-12(15-16-11)10-4-3-5-17-10/h8-10H,3-7,13H2,1-2H3. The zero-order valence-electron chi connectivity index (χ0n) is 10.6. The van der Waals surface area contributed by atoms with Crippen LogP contribution in [0.5, 0.6) is 0 Å². The van der Waals surface area contributed by atoms with E-state index in [4.69, 9.17) is 10.3 Å². The first-order chi connectivity index (χ1) is 8.15. The van der Waals surface area contributed by atoms with E-state index in [1.807, 2.05) is 11.8 Å². The molecule has 0 aliphatic carbocycles. The zero-order chi connectivity index (χ0) is 12.3. The fraction of sp³-hybridized carbons (Fsp3) is 0.833. The molecule has 4 nitrogen and oxygen atoms in total. The van der Waals surface area contributed by atoms with Crippen molar-refractivity contribution in [3.05, 3.63) is 11.7 Å². The average Bonchev–Trinajstić information content (AvgIpc) is 2.84. The Bertz CT molecular complexity index is 347. The van der Waals surface area contributed by atoms with Crippen LogP contribution >= 0.6 is 11.8 Å². The lowest BCUT2D eigenvalue weighted by Crippen LogP contribution is -2.24. The fourth-order valence-corrected chi connectivity index (χ4v) is 3.37. The Labute approximate surface area is 107 Å². The number of rotatable bonds is 5. The lowest BCUT2D eigenvalue weighted by Gasteiger charge is -2.10. The summed E-state index contributed by atoms with van der Waals surface area (Å²) in [6.07, 6.45) is 4.12. The Morgan fingerprint density at radius 2 is 2.35 bits per heavy atom. The van der Waals surface area contributed by atoms with E-state index in [-0.39, 0.29) is 6.04 Å². The maximum Gasteiger partial charge on any atom is 0.228 e. The normalized spacial score (nSPS) is 22.2. The molecule has 0 saturated carbocycles. The van der Waals surface area contributed by atoms with Crippen molar-refractivity contribution in [2.24, 2.45) is 11.7 Å². The Hall–Kier alpha value is -0.550. The number of hydrogen-bond donors (Lipinski definition) is 1. The third kappa shape index (κ3) is 3.71. The molecule has 5 heteroatoms. The van der Waals surface area contributed by atoms with Gasteiger partial charge in [-0.1, -0.05) is 19.0 Å². The summed E-state index contributed by atoms with van der Waals surface area (Å²) in [7, 11) is 0. The van der Waals surface area contributed by atoms with Crippen molar-refractivity contribution in [2.75, 3.05) is 5.75 Å². The summed E-state index contributed by atoms with van der Waals surface area (Å²) in [6.45, 7) is 4.35. The summed E-state index contributed by atoms with van der Waals surface area (Å²) in [4.78, 5) is 4.46. The van der Waals surface area contributed by atoms with Gasteiger partial charge in [-0.3, -0.25) is 0 Å². The molecule has 2 unspecified atom stereocenters. The van der Waals surface area contributed by atoms with Gasteiger partial charge in [0.2, 0.25) is 5.89 Å². The highest BCUT2D eigenvalue weighted by molar-refractivity contribution is 7.99. The first kappa shape index (κ1) is 12.9. The van der Waals surface area contributed by atoms with Gasteiger partial charge in [0.15, 0.2) is 5.82 Å². The molecular weight excluding hydrogens is 234 g/mol. The molecule has 2 N–H and O–H groups in total. The number of thioether (sulfide) groups is 1. The number of nitrogens with two attached hydrogens (primary N) is 1. The van der Waals surface area contributed by atoms with Crippen LogP contribution in [0.25, 0.3) is 0 Å². The van der Waals surface area contributed by atoms with Crippen molar-refractivity contribution in [3.63, 3.8) is 0 Å². The zero-order valence-corrected chi connectivity index (χ0v) is 11.4. The van der Waals surface area contributed by atoms with E-state index in [0.717, 1.165) is 12.2 Å². The summed E-state index contributed by atoms with van der Waals surface area (Å²) in [5, 5.41) is 4.51. The first-order valence-corrected chi connectivity index (χ1v) is 7.39. The monoisotopic (exact) mass is 255 g/mol. The molecule has 2 heterocycles. The topological polar surface area (TPSA) is 64.9 Å². The van der Waals surface area contributed by atoms with Crippen LogP contribution in [-0.2, 0) is 6.42 Å². The maximum atomic E-state index is 6.04. The second-order valence-electron chi connectivity index (χ2n) is 5.14. The average molecular weight is 255 g/mol. The minimum absolute atomic E-state index is 0.125. The molecule has 0 bridgehead atoms. The van der Waals surface area contributed by atoms with Gasteiger partial charge in [-0.2, -0.15) is 16.7 Å².